The van der Waals surface area contributed by atoms with E-state index in [4.69, 9.17) is 0 Å². The molecule has 0 saturated carbocycles. The third kappa shape index (κ3) is 4.18. The molecule has 3 rings (SSSR count). The number of aryl methyl sites for hydroxylation is 2. The van der Waals surface area contributed by atoms with E-state index in [0.29, 0.717) is 25.5 Å². The Hall–Kier alpha value is -2.83. The van der Waals surface area contributed by atoms with Crippen molar-refractivity contribution in [2.24, 2.45) is 12.0 Å². The second-order valence-corrected chi connectivity index (χ2v) is 7.01. The molecule has 1 aromatic carbocycles. The quantitative estimate of drug-likeness (QED) is 0.592. The Morgan fingerprint density at radius 1 is 1.25 bits per heavy atom. The molecule has 150 valence electrons. The molecule has 1 fully saturated rings. The van der Waals surface area contributed by atoms with E-state index < -0.39 is 0 Å². The summed E-state index contributed by atoms with van der Waals surface area (Å²) in [5.41, 5.74) is 4.54. The molecule has 28 heavy (non-hydrogen) atoms. The maximum atomic E-state index is 12.4. The molecule has 0 aliphatic carbocycles. The predicted molar refractivity (Wildman–Crippen MR) is 112 cm³/mol. The van der Waals surface area contributed by atoms with Crippen LogP contribution in [0.3, 0.4) is 0 Å². The summed E-state index contributed by atoms with van der Waals surface area (Å²) in [6.45, 7) is 5.58. The fraction of sp³-hybridized carbons (Fsp3) is 0.476. The third-order valence-corrected chi connectivity index (χ3v) is 5.22. The Kier molecular flexibility index (Phi) is 6.34. The first-order valence-corrected chi connectivity index (χ1v) is 9.93. The maximum absolute atomic E-state index is 12.4. The molecule has 1 unspecified atom stereocenters. The molecule has 0 spiro atoms. The minimum Gasteiger partial charge on any atom is -0.352 e. The zero-order valence-electron chi connectivity index (χ0n) is 17.2. The zero-order valence-corrected chi connectivity index (χ0v) is 17.2. The van der Waals surface area contributed by atoms with E-state index in [9.17, 15) is 4.79 Å². The van der Waals surface area contributed by atoms with Crippen molar-refractivity contribution in [3.63, 3.8) is 0 Å². The number of guanidine groups is 1. The Morgan fingerprint density at radius 3 is 2.64 bits per heavy atom. The van der Waals surface area contributed by atoms with Gasteiger partial charge in [0.25, 0.3) is 0 Å². The van der Waals surface area contributed by atoms with Crippen molar-refractivity contribution in [1.82, 2.24) is 20.4 Å². The van der Waals surface area contributed by atoms with E-state index in [1.807, 2.05) is 47.0 Å². The molecule has 2 heterocycles. The lowest BCUT2D eigenvalue weighted by molar-refractivity contribution is -0.117. The highest BCUT2D eigenvalue weighted by molar-refractivity contribution is 5.97. The number of hydrogen-bond donors (Lipinski definition) is 2. The van der Waals surface area contributed by atoms with E-state index in [-0.39, 0.29) is 11.9 Å². The number of carbonyl (C=O) groups excluding carboxylic acids is 1. The van der Waals surface area contributed by atoms with Crippen molar-refractivity contribution in [2.45, 2.75) is 45.7 Å². The van der Waals surface area contributed by atoms with Gasteiger partial charge < -0.3 is 15.5 Å². The number of para-hydroxylation sites is 1. The Labute approximate surface area is 166 Å². The predicted octanol–water partition coefficient (Wildman–Crippen LogP) is 2.02. The van der Waals surface area contributed by atoms with Crippen LogP contribution in [0.15, 0.2) is 35.3 Å². The van der Waals surface area contributed by atoms with Gasteiger partial charge in [0.1, 0.15) is 0 Å². The number of nitrogens with zero attached hydrogens (tertiary/aromatic N) is 4. The van der Waals surface area contributed by atoms with Gasteiger partial charge in [-0.25, -0.2) is 0 Å². The number of hydrogen-bond acceptors (Lipinski definition) is 3. The van der Waals surface area contributed by atoms with Crippen molar-refractivity contribution in [3.05, 3.63) is 47.3 Å². The molecule has 1 amide bonds. The lowest BCUT2D eigenvalue weighted by atomic mass is 10.1. The zero-order chi connectivity index (χ0) is 20.1. The fourth-order valence-electron chi connectivity index (χ4n) is 3.82. The van der Waals surface area contributed by atoms with Gasteiger partial charge in [-0.15, -0.1) is 0 Å². The van der Waals surface area contributed by atoms with Crippen LogP contribution in [0, 0.1) is 0 Å². The van der Waals surface area contributed by atoms with Crippen LogP contribution >= 0.6 is 0 Å². The number of amides is 1. The Bertz CT molecular complexity index is 842. The van der Waals surface area contributed by atoms with Crippen molar-refractivity contribution in [2.75, 3.05) is 18.5 Å². The van der Waals surface area contributed by atoms with Gasteiger partial charge in [0.05, 0.1) is 11.7 Å². The van der Waals surface area contributed by atoms with Gasteiger partial charge in [-0.05, 0) is 25.0 Å². The van der Waals surface area contributed by atoms with Gasteiger partial charge in [0.15, 0.2) is 5.96 Å². The van der Waals surface area contributed by atoms with Crippen molar-refractivity contribution < 1.29 is 4.79 Å². The monoisotopic (exact) mass is 382 g/mol. The smallest absolute Gasteiger partial charge is 0.229 e. The Balaban J connectivity index is 1.62. The van der Waals surface area contributed by atoms with Gasteiger partial charge >= 0.3 is 0 Å². The first kappa shape index (κ1) is 19.9. The second kappa shape index (κ2) is 8.91. The Morgan fingerprint density at radius 2 is 2.00 bits per heavy atom. The topological polar surface area (TPSA) is 74.5 Å². The molecule has 1 aliphatic heterocycles. The highest BCUT2D eigenvalue weighted by atomic mass is 16.2. The van der Waals surface area contributed by atoms with E-state index in [2.05, 4.69) is 34.6 Å². The molecule has 7 nitrogen and oxygen atoms in total. The summed E-state index contributed by atoms with van der Waals surface area (Å²) >= 11 is 0. The highest BCUT2D eigenvalue weighted by Crippen LogP contribution is 2.21. The SMILES string of the molecule is CCc1nn(C)c(CC)c1CNC(=NC)NC1CC(=O)N(c2ccccc2)C1. The molecule has 0 radical (unpaired) electrons. The fourth-order valence-corrected chi connectivity index (χ4v) is 3.82. The summed E-state index contributed by atoms with van der Waals surface area (Å²) in [7, 11) is 3.75. The largest absolute Gasteiger partial charge is 0.352 e. The van der Waals surface area contributed by atoms with E-state index in [1.54, 1.807) is 7.05 Å². The normalized spacial score (nSPS) is 17.3. The minimum absolute atomic E-state index is 0.0316. The van der Waals surface area contributed by atoms with Gasteiger partial charge in [-0.2, -0.15) is 5.10 Å². The van der Waals surface area contributed by atoms with Gasteiger partial charge in [-0.1, -0.05) is 32.0 Å². The van der Waals surface area contributed by atoms with Gasteiger partial charge in [0, 0.05) is 50.6 Å². The van der Waals surface area contributed by atoms with Crippen LogP contribution < -0.4 is 15.5 Å². The lowest BCUT2D eigenvalue weighted by Crippen LogP contribution is -2.44. The summed E-state index contributed by atoms with van der Waals surface area (Å²) in [6, 6.07) is 9.83. The molecular weight excluding hydrogens is 352 g/mol. The van der Waals surface area contributed by atoms with Crippen LogP contribution in [-0.2, 0) is 31.2 Å². The number of carbonyl (C=O) groups is 1. The first-order chi connectivity index (χ1) is 13.6. The van der Waals surface area contributed by atoms with Crippen LogP contribution in [0.4, 0.5) is 5.69 Å². The highest BCUT2D eigenvalue weighted by Gasteiger charge is 2.31. The number of anilines is 1. The molecule has 1 saturated heterocycles. The van der Waals surface area contributed by atoms with E-state index >= 15 is 0 Å². The minimum atomic E-state index is 0.0316. The van der Waals surface area contributed by atoms with Crippen LogP contribution in [0.25, 0.3) is 0 Å². The summed E-state index contributed by atoms with van der Waals surface area (Å²) < 4.78 is 1.97. The maximum Gasteiger partial charge on any atom is 0.229 e. The first-order valence-electron chi connectivity index (χ1n) is 9.93. The number of aromatic nitrogens is 2. The molecule has 1 aromatic heterocycles. The van der Waals surface area contributed by atoms with E-state index in [0.717, 1.165) is 24.2 Å². The molecule has 7 heteroatoms. The van der Waals surface area contributed by atoms with Gasteiger partial charge in [-0.3, -0.25) is 14.5 Å². The number of nitrogens with one attached hydrogen (secondary N) is 2. The molecule has 1 aliphatic rings. The summed E-state index contributed by atoms with van der Waals surface area (Å²) in [4.78, 5) is 18.6. The molecule has 2 aromatic rings. The van der Waals surface area contributed by atoms with E-state index in [1.165, 1.54) is 11.3 Å². The summed E-state index contributed by atoms with van der Waals surface area (Å²) in [5, 5.41) is 11.4. The van der Waals surface area contributed by atoms with Crippen molar-refractivity contribution >= 4 is 17.6 Å². The van der Waals surface area contributed by atoms with Crippen molar-refractivity contribution in [1.29, 1.82) is 0 Å². The van der Waals surface area contributed by atoms with Crippen LogP contribution in [0.1, 0.15) is 37.2 Å². The molecule has 1 atom stereocenters. The molecule has 0 bridgehead atoms. The van der Waals surface area contributed by atoms with Crippen LogP contribution in [0.5, 0.6) is 0 Å². The van der Waals surface area contributed by atoms with Crippen molar-refractivity contribution in [3.8, 4) is 0 Å². The van der Waals surface area contributed by atoms with Crippen LogP contribution in [0.2, 0.25) is 0 Å². The number of benzene rings is 1. The third-order valence-electron chi connectivity index (χ3n) is 5.22. The molecular formula is C21H30N6O. The van der Waals surface area contributed by atoms with Crippen LogP contribution in [-0.4, -0.2) is 41.3 Å². The number of aliphatic imine (C=N–C) groups is 1. The average molecular weight is 383 g/mol. The summed E-state index contributed by atoms with van der Waals surface area (Å²) in [5.74, 6) is 0.841. The standard InChI is InChI=1S/C21H30N6O/c1-5-18-17(19(6-2)26(4)25-18)13-23-21(22-3)24-15-12-20(28)27(14-15)16-10-8-7-9-11-16/h7-11,15H,5-6,12-14H2,1-4H3,(H2,22,23,24). The lowest BCUT2D eigenvalue weighted by Gasteiger charge is -2.19. The van der Waals surface area contributed by atoms with Gasteiger partial charge in [0.2, 0.25) is 5.91 Å². The second-order valence-electron chi connectivity index (χ2n) is 7.01. The average Bonchev–Trinajstić information content (AvgIpc) is 3.24. The summed E-state index contributed by atoms with van der Waals surface area (Å²) in [6.07, 6.45) is 2.30. The molecule has 2 N–H and O–H groups in total. The number of rotatable bonds is 6.